The van der Waals surface area contributed by atoms with Crippen LogP contribution in [0.25, 0.3) is 0 Å². The molecule has 2 rings (SSSR count). The van der Waals surface area contributed by atoms with Crippen LogP contribution in [0.15, 0.2) is 24.3 Å². The van der Waals surface area contributed by atoms with Gasteiger partial charge in [-0.3, -0.25) is 0 Å². The van der Waals surface area contributed by atoms with Crippen LogP contribution in [0.4, 0.5) is 0 Å². The van der Waals surface area contributed by atoms with Gasteiger partial charge in [0.05, 0.1) is 0 Å². The molecule has 1 aromatic carbocycles. The van der Waals surface area contributed by atoms with Gasteiger partial charge in [-0.25, -0.2) is 0 Å². The second-order valence-electron chi connectivity index (χ2n) is 4.83. The van der Waals surface area contributed by atoms with Crippen molar-refractivity contribution in [2.45, 2.75) is 50.9 Å². The van der Waals surface area contributed by atoms with Crippen LogP contribution in [0.2, 0.25) is 0 Å². The van der Waals surface area contributed by atoms with E-state index in [0.717, 1.165) is 0 Å². The Hall–Kier alpha value is -0.470. The maximum absolute atomic E-state index is 3.84. The molecule has 2 atom stereocenters. The summed E-state index contributed by atoms with van der Waals surface area (Å²) in [5.41, 5.74) is 3.05. The van der Waals surface area contributed by atoms with E-state index < -0.39 is 0 Å². The second-order valence-corrected chi connectivity index (χ2v) is 5.86. The van der Waals surface area contributed by atoms with Crippen molar-refractivity contribution in [3.63, 3.8) is 0 Å². The molecule has 0 bridgehead atoms. The molecule has 1 nitrogen and oxygen atoms in total. The summed E-state index contributed by atoms with van der Waals surface area (Å²) in [5.74, 6) is 2.40. The topological polar surface area (TPSA) is 12.0 Å². The predicted octanol–water partition coefficient (Wildman–Crippen LogP) is 4.14. The van der Waals surface area contributed by atoms with E-state index in [-0.39, 0.29) is 0 Å². The third kappa shape index (κ3) is 3.26. The third-order valence-electron chi connectivity index (χ3n) is 3.54. The minimum Gasteiger partial charge on any atom is -0.306 e. The number of thioether (sulfide) groups is 1. The molecule has 0 aliphatic carbocycles. The first-order valence-electron chi connectivity index (χ1n) is 6.76. The first-order chi connectivity index (χ1) is 8.35. The van der Waals surface area contributed by atoms with Crippen LogP contribution >= 0.6 is 11.8 Å². The number of benzene rings is 1. The average molecular weight is 249 g/mol. The van der Waals surface area contributed by atoms with E-state index in [4.69, 9.17) is 0 Å². The highest BCUT2D eigenvalue weighted by atomic mass is 32.2. The molecule has 17 heavy (non-hydrogen) atoms. The average Bonchev–Trinajstić information content (AvgIpc) is 2.38. The second kappa shape index (κ2) is 6.46. The molecule has 94 valence electrons. The molecular formula is C15H23NS. The zero-order chi connectivity index (χ0) is 12.1. The SMILES string of the molecule is CCCC(CC)NC1CSCc2ccccc21. The van der Waals surface area contributed by atoms with Gasteiger partial charge < -0.3 is 5.32 Å². The normalized spacial score (nSPS) is 20.9. The first-order valence-corrected chi connectivity index (χ1v) is 7.92. The number of hydrogen-bond donors (Lipinski definition) is 1. The van der Waals surface area contributed by atoms with Crippen molar-refractivity contribution in [1.29, 1.82) is 0 Å². The molecule has 0 radical (unpaired) electrons. The van der Waals surface area contributed by atoms with Crippen molar-refractivity contribution in [2.24, 2.45) is 0 Å². The molecule has 1 heterocycles. The molecule has 0 amide bonds. The van der Waals surface area contributed by atoms with Gasteiger partial charge in [0.25, 0.3) is 0 Å². The molecule has 0 fully saturated rings. The Labute approximate surface area is 109 Å². The zero-order valence-electron chi connectivity index (χ0n) is 10.9. The van der Waals surface area contributed by atoms with Crippen molar-refractivity contribution in [1.82, 2.24) is 5.32 Å². The lowest BCUT2D eigenvalue weighted by atomic mass is 10.00. The summed E-state index contributed by atoms with van der Waals surface area (Å²) in [5, 5.41) is 3.84. The summed E-state index contributed by atoms with van der Waals surface area (Å²) < 4.78 is 0. The molecule has 0 aromatic heterocycles. The number of rotatable bonds is 5. The van der Waals surface area contributed by atoms with Crippen LogP contribution in [0.5, 0.6) is 0 Å². The van der Waals surface area contributed by atoms with Crippen LogP contribution in [0.1, 0.15) is 50.3 Å². The maximum Gasteiger partial charge on any atom is 0.0417 e. The molecule has 1 N–H and O–H groups in total. The lowest BCUT2D eigenvalue weighted by Gasteiger charge is -2.30. The quantitative estimate of drug-likeness (QED) is 0.841. The van der Waals surface area contributed by atoms with E-state index in [0.29, 0.717) is 12.1 Å². The van der Waals surface area contributed by atoms with Crippen LogP contribution in [-0.2, 0) is 5.75 Å². The Morgan fingerprint density at radius 2 is 2.18 bits per heavy atom. The maximum atomic E-state index is 3.84. The number of fused-ring (bicyclic) bond motifs is 1. The van der Waals surface area contributed by atoms with Crippen molar-refractivity contribution < 1.29 is 0 Å². The molecular weight excluding hydrogens is 226 g/mol. The van der Waals surface area contributed by atoms with Crippen molar-refractivity contribution in [3.8, 4) is 0 Å². The van der Waals surface area contributed by atoms with Gasteiger partial charge in [-0.05, 0) is 24.0 Å². The third-order valence-corrected chi connectivity index (χ3v) is 4.62. The lowest BCUT2D eigenvalue weighted by Crippen LogP contribution is -2.35. The molecule has 1 aliphatic heterocycles. The summed E-state index contributed by atoms with van der Waals surface area (Å²) in [7, 11) is 0. The summed E-state index contributed by atoms with van der Waals surface area (Å²) in [4.78, 5) is 0. The molecule has 2 heteroatoms. The van der Waals surface area contributed by atoms with E-state index in [1.807, 2.05) is 0 Å². The molecule has 1 aliphatic rings. The van der Waals surface area contributed by atoms with E-state index in [1.54, 1.807) is 0 Å². The van der Waals surface area contributed by atoms with Gasteiger partial charge in [-0.2, -0.15) is 11.8 Å². The summed E-state index contributed by atoms with van der Waals surface area (Å²) in [6.07, 6.45) is 3.80. The highest BCUT2D eigenvalue weighted by Crippen LogP contribution is 2.32. The molecule has 1 aromatic rings. The Bertz CT molecular complexity index is 351. The Morgan fingerprint density at radius 1 is 1.35 bits per heavy atom. The van der Waals surface area contributed by atoms with Crippen molar-refractivity contribution in [3.05, 3.63) is 35.4 Å². The molecule has 2 unspecified atom stereocenters. The zero-order valence-corrected chi connectivity index (χ0v) is 11.7. The standard InChI is InChI=1S/C15H23NS/c1-3-7-13(4-2)16-15-11-17-10-12-8-5-6-9-14(12)15/h5-6,8-9,13,15-16H,3-4,7,10-11H2,1-2H3. The smallest absolute Gasteiger partial charge is 0.0417 e. The highest BCUT2D eigenvalue weighted by Gasteiger charge is 2.21. The van der Waals surface area contributed by atoms with Crippen LogP contribution in [0.3, 0.4) is 0 Å². The fraction of sp³-hybridized carbons (Fsp3) is 0.600. The van der Waals surface area contributed by atoms with E-state index in [2.05, 4.69) is 55.2 Å². The lowest BCUT2D eigenvalue weighted by molar-refractivity contribution is 0.418. The summed E-state index contributed by atoms with van der Waals surface area (Å²) in [6.45, 7) is 4.56. The minimum absolute atomic E-state index is 0.557. The fourth-order valence-electron chi connectivity index (χ4n) is 2.56. The molecule has 0 spiro atoms. The number of nitrogens with one attached hydrogen (secondary N) is 1. The van der Waals surface area contributed by atoms with Crippen molar-refractivity contribution >= 4 is 11.8 Å². The Morgan fingerprint density at radius 3 is 2.94 bits per heavy atom. The van der Waals surface area contributed by atoms with Crippen LogP contribution in [0, 0.1) is 0 Å². The molecule has 0 saturated heterocycles. The van der Waals surface area contributed by atoms with Gasteiger partial charge in [0, 0.05) is 23.6 Å². The molecule has 0 saturated carbocycles. The van der Waals surface area contributed by atoms with E-state index >= 15 is 0 Å². The fourth-order valence-corrected chi connectivity index (χ4v) is 3.67. The Balaban J connectivity index is 2.07. The number of hydrogen-bond acceptors (Lipinski definition) is 2. The highest BCUT2D eigenvalue weighted by molar-refractivity contribution is 7.98. The van der Waals surface area contributed by atoms with Gasteiger partial charge in [0.15, 0.2) is 0 Å². The summed E-state index contributed by atoms with van der Waals surface area (Å²) in [6, 6.07) is 10.1. The van der Waals surface area contributed by atoms with Crippen LogP contribution in [-0.4, -0.2) is 11.8 Å². The van der Waals surface area contributed by atoms with Gasteiger partial charge in [0.1, 0.15) is 0 Å². The van der Waals surface area contributed by atoms with Crippen LogP contribution < -0.4 is 5.32 Å². The van der Waals surface area contributed by atoms with Gasteiger partial charge >= 0.3 is 0 Å². The van der Waals surface area contributed by atoms with Crippen molar-refractivity contribution in [2.75, 3.05) is 5.75 Å². The largest absolute Gasteiger partial charge is 0.306 e. The van der Waals surface area contributed by atoms with Gasteiger partial charge in [0.2, 0.25) is 0 Å². The Kier molecular flexibility index (Phi) is 4.93. The summed E-state index contributed by atoms with van der Waals surface area (Å²) >= 11 is 2.05. The monoisotopic (exact) mass is 249 g/mol. The van der Waals surface area contributed by atoms with Gasteiger partial charge in [-0.1, -0.05) is 44.5 Å². The van der Waals surface area contributed by atoms with E-state index in [9.17, 15) is 0 Å². The minimum atomic E-state index is 0.557. The first kappa shape index (κ1) is 13.0. The van der Waals surface area contributed by atoms with Gasteiger partial charge in [-0.15, -0.1) is 0 Å². The van der Waals surface area contributed by atoms with E-state index in [1.165, 1.54) is 41.9 Å². The predicted molar refractivity (Wildman–Crippen MR) is 77.5 cm³/mol.